The number of hydrogen-bond donors (Lipinski definition) is 1. The fourth-order valence-corrected chi connectivity index (χ4v) is 2.34. The standard InChI is InChI=1S/C11H10N2O2/c12-10(15)13-8-4-2-1-3-7(8)11(5-6-11)9(13)14/h1-4H,5-6H2,(H2,12,15). The van der Waals surface area contributed by atoms with Crippen molar-refractivity contribution in [1.29, 1.82) is 0 Å². The number of fused-ring (bicyclic) bond motifs is 2. The lowest BCUT2D eigenvalue weighted by Gasteiger charge is -2.11. The van der Waals surface area contributed by atoms with Crippen LogP contribution in [0.2, 0.25) is 0 Å². The van der Waals surface area contributed by atoms with Crippen molar-refractivity contribution in [3.8, 4) is 0 Å². The highest BCUT2D eigenvalue weighted by Crippen LogP contribution is 2.57. The van der Waals surface area contributed by atoms with E-state index in [1.807, 2.05) is 18.2 Å². The Hall–Kier alpha value is -1.84. The first-order valence-electron chi connectivity index (χ1n) is 4.90. The van der Waals surface area contributed by atoms with Gasteiger partial charge in [-0.05, 0) is 24.5 Å². The number of para-hydroxylation sites is 1. The lowest BCUT2D eigenvalue weighted by atomic mass is 9.98. The lowest BCUT2D eigenvalue weighted by molar-refractivity contribution is -0.119. The summed E-state index contributed by atoms with van der Waals surface area (Å²) in [5, 5.41) is 0. The molecule has 0 atom stereocenters. The Balaban J connectivity index is 2.24. The van der Waals surface area contributed by atoms with Crippen molar-refractivity contribution in [2.24, 2.45) is 5.73 Å². The van der Waals surface area contributed by atoms with Crippen molar-refractivity contribution >= 4 is 17.6 Å². The SMILES string of the molecule is NC(=O)N1C(=O)C2(CC2)c2ccccc21. The summed E-state index contributed by atoms with van der Waals surface area (Å²) in [5.41, 5.74) is 6.41. The molecule has 2 N–H and O–H groups in total. The zero-order valence-electron chi connectivity index (χ0n) is 8.06. The van der Waals surface area contributed by atoms with Crippen LogP contribution in [0.25, 0.3) is 0 Å². The molecule has 1 fully saturated rings. The zero-order chi connectivity index (χ0) is 10.6. The maximum absolute atomic E-state index is 12.0. The van der Waals surface area contributed by atoms with Crippen LogP contribution in [0.1, 0.15) is 18.4 Å². The lowest BCUT2D eigenvalue weighted by Crippen LogP contribution is -2.40. The van der Waals surface area contributed by atoms with Gasteiger partial charge in [0.15, 0.2) is 0 Å². The maximum atomic E-state index is 12.0. The second kappa shape index (κ2) is 2.39. The molecule has 3 amide bonds. The molecule has 1 aliphatic heterocycles. The molecule has 4 heteroatoms. The number of rotatable bonds is 0. The summed E-state index contributed by atoms with van der Waals surface area (Å²) in [7, 11) is 0. The molecule has 1 saturated carbocycles. The first-order chi connectivity index (χ1) is 7.17. The van der Waals surface area contributed by atoms with Gasteiger partial charge in [0.25, 0.3) is 0 Å². The van der Waals surface area contributed by atoms with E-state index in [0.717, 1.165) is 23.3 Å². The van der Waals surface area contributed by atoms with E-state index in [1.165, 1.54) is 0 Å². The molecule has 1 spiro atoms. The molecular weight excluding hydrogens is 192 g/mol. The van der Waals surface area contributed by atoms with E-state index in [-0.39, 0.29) is 5.91 Å². The third-order valence-corrected chi connectivity index (χ3v) is 3.24. The van der Waals surface area contributed by atoms with Crippen LogP contribution >= 0.6 is 0 Å². The van der Waals surface area contributed by atoms with Crippen LogP contribution in [0.15, 0.2) is 24.3 Å². The third-order valence-electron chi connectivity index (χ3n) is 3.24. The molecule has 0 saturated heterocycles. The molecule has 4 nitrogen and oxygen atoms in total. The van der Waals surface area contributed by atoms with Crippen molar-refractivity contribution in [2.75, 3.05) is 4.90 Å². The van der Waals surface area contributed by atoms with Crippen LogP contribution in [0, 0.1) is 0 Å². The van der Waals surface area contributed by atoms with Crippen molar-refractivity contribution in [2.45, 2.75) is 18.3 Å². The Morgan fingerprint density at radius 2 is 2.00 bits per heavy atom. The molecule has 0 unspecified atom stereocenters. The molecular formula is C11H10N2O2. The number of primary amides is 1. The number of nitrogens with two attached hydrogens (primary N) is 1. The summed E-state index contributed by atoms with van der Waals surface area (Å²) in [6.07, 6.45) is 1.65. The number of carbonyl (C=O) groups is 2. The molecule has 2 aliphatic rings. The summed E-state index contributed by atoms with van der Waals surface area (Å²) >= 11 is 0. The van der Waals surface area contributed by atoms with Gasteiger partial charge in [-0.3, -0.25) is 4.79 Å². The number of urea groups is 1. The Kier molecular flexibility index (Phi) is 1.35. The predicted octanol–water partition coefficient (Wildman–Crippen LogP) is 1.14. The largest absolute Gasteiger partial charge is 0.351 e. The third kappa shape index (κ3) is 0.862. The molecule has 0 aromatic heterocycles. The second-order valence-electron chi connectivity index (χ2n) is 4.08. The van der Waals surface area contributed by atoms with E-state index in [4.69, 9.17) is 5.73 Å². The minimum absolute atomic E-state index is 0.156. The van der Waals surface area contributed by atoms with Gasteiger partial charge in [0.05, 0.1) is 11.1 Å². The number of carbonyl (C=O) groups excluding carboxylic acids is 2. The normalized spacial score (nSPS) is 20.5. The van der Waals surface area contributed by atoms with E-state index in [2.05, 4.69) is 0 Å². The quantitative estimate of drug-likeness (QED) is 0.685. The topological polar surface area (TPSA) is 63.4 Å². The van der Waals surface area contributed by atoms with Crippen molar-refractivity contribution in [1.82, 2.24) is 0 Å². The summed E-state index contributed by atoms with van der Waals surface area (Å²) in [6, 6.07) is 6.69. The molecule has 1 aromatic carbocycles. The van der Waals surface area contributed by atoms with Gasteiger partial charge < -0.3 is 5.73 Å². The predicted molar refractivity (Wildman–Crippen MR) is 54.4 cm³/mol. The smallest absolute Gasteiger partial charge is 0.326 e. The van der Waals surface area contributed by atoms with Crippen LogP contribution in [-0.2, 0) is 10.2 Å². The summed E-state index contributed by atoms with van der Waals surface area (Å²) in [4.78, 5) is 24.3. The monoisotopic (exact) mass is 202 g/mol. The minimum Gasteiger partial charge on any atom is -0.351 e. The maximum Gasteiger partial charge on any atom is 0.326 e. The molecule has 0 radical (unpaired) electrons. The Bertz CT molecular complexity index is 477. The van der Waals surface area contributed by atoms with Gasteiger partial charge in [0, 0.05) is 0 Å². The molecule has 76 valence electrons. The number of imide groups is 1. The zero-order valence-corrected chi connectivity index (χ0v) is 8.06. The van der Waals surface area contributed by atoms with Gasteiger partial charge in [-0.2, -0.15) is 0 Å². The highest BCUT2D eigenvalue weighted by Gasteiger charge is 2.60. The number of nitrogens with zero attached hydrogens (tertiary/aromatic N) is 1. The summed E-state index contributed by atoms with van der Waals surface area (Å²) < 4.78 is 0. The summed E-state index contributed by atoms with van der Waals surface area (Å²) in [5.74, 6) is -0.156. The van der Waals surface area contributed by atoms with Gasteiger partial charge in [-0.1, -0.05) is 18.2 Å². The number of anilines is 1. The molecule has 1 aromatic rings. The average Bonchev–Trinajstić information content (AvgIpc) is 2.94. The Morgan fingerprint density at radius 3 is 2.60 bits per heavy atom. The fraction of sp³-hybridized carbons (Fsp3) is 0.273. The van der Waals surface area contributed by atoms with Gasteiger partial charge in [-0.15, -0.1) is 0 Å². The summed E-state index contributed by atoms with van der Waals surface area (Å²) in [6.45, 7) is 0. The first kappa shape index (κ1) is 8.47. The van der Waals surface area contributed by atoms with E-state index >= 15 is 0 Å². The van der Waals surface area contributed by atoms with Gasteiger partial charge >= 0.3 is 6.03 Å². The second-order valence-corrected chi connectivity index (χ2v) is 4.08. The number of benzene rings is 1. The fourth-order valence-electron chi connectivity index (χ4n) is 2.34. The number of hydrogen-bond acceptors (Lipinski definition) is 2. The van der Waals surface area contributed by atoms with Crippen LogP contribution in [-0.4, -0.2) is 11.9 Å². The molecule has 0 bridgehead atoms. The van der Waals surface area contributed by atoms with Crippen LogP contribution in [0.5, 0.6) is 0 Å². The van der Waals surface area contributed by atoms with E-state index < -0.39 is 11.4 Å². The van der Waals surface area contributed by atoms with E-state index in [0.29, 0.717) is 5.69 Å². The van der Waals surface area contributed by atoms with Crippen LogP contribution in [0.3, 0.4) is 0 Å². The molecule has 1 heterocycles. The van der Waals surface area contributed by atoms with Gasteiger partial charge in [-0.25, -0.2) is 9.69 Å². The van der Waals surface area contributed by atoms with Crippen molar-refractivity contribution in [3.63, 3.8) is 0 Å². The first-order valence-corrected chi connectivity index (χ1v) is 4.90. The van der Waals surface area contributed by atoms with Gasteiger partial charge in [0.2, 0.25) is 5.91 Å². The van der Waals surface area contributed by atoms with Gasteiger partial charge in [0.1, 0.15) is 0 Å². The van der Waals surface area contributed by atoms with E-state index in [9.17, 15) is 9.59 Å². The van der Waals surface area contributed by atoms with Crippen LogP contribution < -0.4 is 10.6 Å². The van der Waals surface area contributed by atoms with Crippen molar-refractivity contribution in [3.05, 3.63) is 29.8 Å². The number of amides is 3. The Labute approximate surface area is 86.7 Å². The van der Waals surface area contributed by atoms with Crippen LogP contribution in [0.4, 0.5) is 10.5 Å². The highest BCUT2D eigenvalue weighted by atomic mass is 16.2. The Morgan fingerprint density at radius 1 is 1.33 bits per heavy atom. The molecule has 3 rings (SSSR count). The highest BCUT2D eigenvalue weighted by molar-refractivity contribution is 6.23. The van der Waals surface area contributed by atoms with Crippen molar-refractivity contribution < 1.29 is 9.59 Å². The van der Waals surface area contributed by atoms with E-state index in [1.54, 1.807) is 6.07 Å². The minimum atomic E-state index is -0.684. The molecule has 1 aliphatic carbocycles. The average molecular weight is 202 g/mol. The molecule has 15 heavy (non-hydrogen) atoms.